The molecule has 0 radical (unpaired) electrons. The van der Waals surface area contributed by atoms with Crippen LogP contribution in [0.1, 0.15) is 15.7 Å². The number of hydrogen-bond donors (Lipinski definition) is 0. The number of ether oxygens (including phenoxy) is 2. The van der Waals surface area contributed by atoms with Crippen molar-refractivity contribution >= 4 is 17.3 Å². The zero-order valence-electron chi connectivity index (χ0n) is 11.0. The Morgan fingerprint density at radius 1 is 1.21 bits per heavy atom. The minimum Gasteiger partial charge on any atom is -0.492 e. The fraction of sp³-hybridized carbons (Fsp3) is 0.267. The molecule has 1 unspecified atom stereocenters. The maximum atomic E-state index is 11.8. The average Bonchev–Trinajstić information content (AvgIpc) is 2.86. The summed E-state index contributed by atoms with van der Waals surface area (Å²) in [5, 5.41) is 0. The predicted molar refractivity (Wildman–Crippen MR) is 75.8 cm³/mol. The fourth-order valence-corrected chi connectivity index (χ4v) is 2.70. The van der Waals surface area contributed by atoms with Crippen LogP contribution in [-0.2, 0) is 9.53 Å². The first-order valence-electron chi connectivity index (χ1n) is 6.02. The van der Waals surface area contributed by atoms with Crippen molar-refractivity contribution in [2.24, 2.45) is 0 Å². The monoisotopic (exact) mass is 276 g/mol. The molecule has 0 aliphatic heterocycles. The molecule has 100 valence electrons. The molecule has 0 fully saturated rings. The standard InChI is InChI=1S/C15H16O3S/c1-11-8-9-14(19-11)13(15(16)17-2)10-18-12-6-4-3-5-7-12/h3-9,13H,10H2,1-2H3. The van der Waals surface area contributed by atoms with Gasteiger partial charge in [0.2, 0.25) is 0 Å². The number of esters is 1. The minimum atomic E-state index is -0.371. The summed E-state index contributed by atoms with van der Waals surface area (Å²) < 4.78 is 10.5. The average molecular weight is 276 g/mol. The smallest absolute Gasteiger partial charge is 0.317 e. The largest absolute Gasteiger partial charge is 0.492 e. The SMILES string of the molecule is COC(=O)C(COc1ccccc1)c1ccc(C)s1. The van der Waals surface area contributed by atoms with Gasteiger partial charge in [0.05, 0.1) is 7.11 Å². The third-order valence-corrected chi connectivity index (χ3v) is 3.86. The third kappa shape index (κ3) is 3.58. The van der Waals surface area contributed by atoms with E-state index < -0.39 is 0 Å². The number of para-hydroxylation sites is 1. The summed E-state index contributed by atoms with van der Waals surface area (Å²) in [7, 11) is 1.40. The first-order valence-corrected chi connectivity index (χ1v) is 6.84. The molecule has 0 bridgehead atoms. The van der Waals surface area contributed by atoms with Crippen molar-refractivity contribution in [3.8, 4) is 5.75 Å². The second kappa shape index (κ2) is 6.38. The zero-order chi connectivity index (χ0) is 13.7. The molecule has 0 spiro atoms. The van der Waals surface area contributed by atoms with E-state index in [4.69, 9.17) is 9.47 Å². The molecule has 0 aliphatic rings. The summed E-state index contributed by atoms with van der Waals surface area (Å²) in [6, 6.07) is 13.4. The highest BCUT2D eigenvalue weighted by atomic mass is 32.1. The van der Waals surface area contributed by atoms with Gasteiger partial charge in [0.15, 0.2) is 0 Å². The van der Waals surface area contributed by atoms with E-state index in [1.165, 1.54) is 12.0 Å². The van der Waals surface area contributed by atoms with Crippen molar-refractivity contribution in [3.63, 3.8) is 0 Å². The highest BCUT2D eigenvalue weighted by Crippen LogP contribution is 2.26. The van der Waals surface area contributed by atoms with Gasteiger partial charge in [-0.25, -0.2) is 0 Å². The van der Waals surface area contributed by atoms with Crippen LogP contribution in [0.3, 0.4) is 0 Å². The molecule has 19 heavy (non-hydrogen) atoms. The van der Waals surface area contributed by atoms with Crippen LogP contribution in [-0.4, -0.2) is 19.7 Å². The Kier molecular flexibility index (Phi) is 4.58. The van der Waals surface area contributed by atoms with E-state index in [2.05, 4.69) is 0 Å². The summed E-state index contributed by atoms with van der Waals surface area (Å²) in [6.45, 7) is 2.30. The fourth-order valence-electron chi connectivity index (χ4n) is 1.75. The molecule has 1 aromatic heterocycles. The Morgan fingerprint density at radius 3 is 2.53 bits per heavy atom. The lowest BCUT2D eigenvalue weighted by Gasteiger charge is -2.14. The molecular weight excluding hydrogens is 260 g/mol. The summed E-state index contributed by atoms with van der Waals surface area (Å²) in [5.41, 5.74) is 0. The van der Waals surface area contributed by atoms with E-state index in [1.807, 2.05) is 49.4 Å². The van der Waals surface area contributed by atoms with E-state index in [0.717, 1.165) is 10.6 Å². The van der Waals surface area contributed by atoms with Gasteiger partial charge in [0.1, 0.15) is 18.3 Å². The number of aryl methyl sites for hydroxylation is 1. The normalized spacial score (nSPS) is 11.9. The number of thiophene rings is 1. The molecule has 0 aliphatic carbocycles. The van der Waals surface area contributed by atoms with Crippen LogP contribution in [0.15, 0.2) is 42.5 Å². The van der Waals surface area contributed by atoms with E-state index in [-0.39, 0.29) is 18.5 Å². The Balaban J connectivity index is 2.09. The molecule has 1 heterocycles. The summed E-state index contributed by atoms with van der Waals surface area (Å²) in [4.78, 5) is 14.0. The quantitative estimate of drug-likeness (QED) is 0.785. The molecule has 0 N–H and O–H groups in total. The van der Waals surface area contributed by atoms with Crippen molar-refractivity contribution in [1.82, 2.24) is 0 Å². The summed E-state index contributed by atoms with van der Waals surface area (Å²) >= 11 is 1.59. The Bertz CT molecular complexity index is 533. The molecule has 0 amide bonds. The van der Waals surface area contributed by atoms with Crippen molar-refractivity contribution in [3.05, 3.63) is 52.2 Å². The summed E-state index contributed by atoms with van der Waals surface area (Å²) in [6.07, 6.45) is 0. The zero-order valence-corrected chi connectivity index (χ0v) is 11.8. The molecule has 4 heteroatoms. The maximum Gasteiger partial charge on any atom is 0.317 e. The Labute approximate surface area is 116 Å². The number of benzene rings is 1. The predicted octanol–water partition coefficient (Wildman–Crippen LogP) is 3.39. The molecule has 3 nitrogen and oxygen atoms in total. The lowest BCUT2D eigenvalue weighted by Crippen LogP contribution is -2.20. The van der Waals surface area contributed by atoms with Crippen molar-refractivity contribution < 1.29 is 14.3 Å². The van der Waals surface area contributed by atoms with Gasteiger partial charge in [-0.3, -0.25) is 4.79 Å². The van der Waals surface area contributed by atoms with Gasteiger partial charge in [0, 0.05) is 9.75 Å². The lowest BCUT2D eigenvalue weighted by molar-refractivity contribution is -0.143. The first kappa shape index (κ1) is 13.6. The van der Waals surface area contributed by atoms with E-state index >= 15 is 0 Å². The third-order valence-electron chi connectivity index (χ3n) is 2.75. The molecule has 2 rings (SSSR count). The number of carbonyl (C=O) groups is 1. The molecule has 0 saturated heterocycles. The van der Waals surface area contributed by atoms with Crippen LogP contribution in [0.2, 0.25) is 0 Å². The van der Waals surface area contributed by atoms with Crippen LogP contribution in [0.4, 0.5) is 0 Å². The molecular formula is C15H16O3S. The van der Waals surface area contributed by atoms with Crippen molar-refractivity contribution in [2.75, 3.05) is 13.7 Å². The molecule has 2 aromatic rings. The van der Waals surface area contributed by atoms with Gasteiger partial charge in [-0.05, 0) is 31.2 Å². The highest BCUT2D eigenvalue weighted by molar-refractivity contribution is 7.12. The van der Waals surface area contributed by atoms with E-state index in [0.29, 0.717) is 0 Å². The molecule has 1 aromatic carbocycles. The number of methoxy groups -OCH3 is 1. The number of rotatable bonds is 5. The second-order valence-corrected chi connectivity index (χ2v) is 5.47. The molecule has 1 atom stereocenters. The van der Waals surface area contributed by atoms with Crippen molar-refractivity contribution in [1.29, 1.82) is 0 Å². The van der Waals surface area contributed by atoms with Crippen molar-refractivity contribution in [2.45, 2.75) is 12.8 Å². The Hall–Kier alpha value is -1.81. The van der Waals surface area contributed by atoms with Gasteiger partial charge in [-0.2, -0.15) is 0 Å². The Morgan fingerprint density at radius 2 is 1.95 bits per heavy atom. The highest BCUT2D eigenvalue weighted by Gasteiger charge is 2.23. The van der Waals surface area contributed by atoms with E-state index in [9.17, 15) is 4.79 Å². The van der Waals surface area contributed by atoms with Crippen LogP contribution >= 0.6 is 11.3 Å². The number of carbonyl (C=O) groups excluding carboxylic acids is 1. The maximum absolute atomic E-state index is 11.8. The van der Waals surface area contributed by atoms with Gasteiger partial charge in [-0.15, -0.1) is 11.3 Å². The number of hydrogen-bond acceptors (Lipinski definition) is 4. The van der Waals surface area contributed by atoms with Gasteiger partial charge >= 0.3 is 5.97 Å². The van der Waals surface area contributed by atoms with Crippen LogP contribution in [0, 0.1) is 6.92 Å². The van der Waals surface area contributed by atoms with Gasteiger partial charge in [0.25, 0.3) is 0 Å². The summed E-state index contributed by atoms with van der Waals surface area (Å²) in [5.74, 6) is 0.117. The van der Waals surface area contributed by atoms with Gasteiger partial charge < -0.3 is 9.47 Å². The lowest BCUT2D eigenvalue weighted by atomic mass is 10.1. The second-order valence-electron chi connectivity index (χ2n) is 4.15. The van der Waals surface area contributed by atoms with Crippen LogP contribution < -0.4 is 4.74 Å². The minimum absolute atomic E-state index is 0.266. The first-order chi connectivity index (χ1) is 9.20. The molecule has 0 saturated carbocycles. The topological polar surface area (TPSA) is 35.5 Å². The van der Waals surface area contributed by atoms with E-state index in [1.54, 1.807) is 11.3 Å². The van der Waals surface area contributed by atoms with Crippen LogP contribution in [0.25, 0.3) is 0 Å². The van der Waals surface area contributed by atoms with Crippen LogP contribution in [0.5, 0.6) is 5.75 Å². The van der Waals surface area contributed by atoms with Gasteiger partial charge in [-0.1, -0.05) is 18.2 Å².